The molecule has 1 atom stereocenters. The van der Waals surface area contributed by atoms with Crippen molar-refractivity contribution in [2.75, 3.05) is 0 Å². The third kappa shape index (κ3) is 5.47. The first-order valence-electron chi connectivity index (χ1n) is 8.06. The molecule has 2 aromatic carbocycles. The van der Waals surface area contributed by atoms with Gasteiger partial charge in [-0.25, -0.2) is 0 Å². The monoisotopic (exact) mass is 387 g/mol. The molecule has 0 saturated heterocycles. The van der Waals surface area contributed by atoms with Gasteiger partial charge in [-0.3, -0.25) is 0 Å². The van der Waals surface area contributed by atoms with E-state index in [0.29, 0.717) is 18.7 Å². The average Bonchev–Trinajstić information content (AvgIpc) is 2.59. The highest BCUT2D eigenvalue weighted by Gasteiger charge is 2.32. The van der Waals surface area contributed by atoms with E-state index in [2.05, 4.69) is 5.32 Å². The quantitative estimate of drug-likeness (QED) is 0.717. The van der Waals surface area contributed by atoms with Crippen molar-refractivity contribution in [1.29, 1.82) is 0 Å². The van der Waals surface area contributed by atoms with Gasteiger partial charge in [-0.2, -0.15) is 21.6 Å². The van der Waals surface area contributed by atoms with E-state index in [0.717, 1.165) is 30.2 Å². The largest absolute Gasteiger partial charge is 0.416 e. The second kappa shape index (κ2) is 8.09. The summed E-state index contributed by atoms with van der Waals surface area (Å²) in [6, 6.07) is 10.2. The van der Waals surface area contributed by atoms with Gasteiger partial charge in [0.2, 0.25) is 0 Å². The molecule has 0 aliphatic heterocycles. The van der Waals surface area contributed by atoms with Crippen LogP contribution in [0.3, 0.4) is 0 Å². The molecule has 0 aromatic heterocycles. The van der Waals surface area contributed by atoms with E-state index in [1.54, 1.807) is 18.2 Å². The van der Waals surface area contributed by atoms with Crippen molar-refractivity contribution in [1.82, 2.24) is 5.32 Å². The highest BCUT2D eigenvalue weighted by Crippen LogP contribution is 2.31. The van der Waals surface area contributed by atoms with Crippen LogP contribution in [0, 0.1) is 0 Å². The third-order valence-corrected chi connectivity index (χ3v) is 5.06. The van der Waals surface area contributed by atoms with Crippen LogP contribution in [-0.4, -0.2) is 14.5 Å². The smallest absolute Gasteiger partial charge is 0.379 e. The zero-order chi connectivity index (χ0) is 19.4. The number of halogens is 3. The zero-order valence-electron chi connectivity index (χ0n) is 14.4. The molecule has 0 radical (unpaired) electrons. The van der Waals surface area contributed by atoms with Gasteiger partial charge in [0, 0.05) is 12.6 Å². The molecule has 0 spiro atoms. The summed E-state index contributed by atoms with van der Waals surface area (Å²) in [5.74, 6) is 0.0471. The number of hydrogen-bond acceptors (Lipinski definition) is 4. The molecule has 4 nitrogen and oxygen atoms in total. The molecule has 0 heterocycles. The van der Waals surface area contributed by atoms with E-state index >= 15 is 0 Å². The Kier molecular flexibility index (Phi) is 6.30. The molecule has 0 bridgehead atoms. The molecule has 0 saturated carbocycles. The summed E-state index contributed by atoms with van der Waals surface area (Å²) in [6.07, 6.45) is -3.69. The number of hydrogen-bond donors (Lipinski definition) is 1. The lowest BCUT2D eigenvalue weighted by atomic mass is 10.2. The van der Waals surface area contributed by atoms with Gasteiger partial charge < -0.3 is 9.50 Å². The van der Waals surface area contributed by atoms with Crippen molar-refractivity contribution in [2.45, 2.75) is 43.9 Å². The fourth-order valence-electron chi connectivity index (χ4n) is 2.15. The highest BCUT2D eigenvalue weighted by molar-refractivity contribution is 7.87. The Morgan fingerprint density at radius 2 is 1.81 bits per heavy atom. The van der Waals surface area contributed by atoms with Crippen molar-refractivity contribution in [3.63, 3.8) is 0 Å². The molecule has 1 unspecified atom stereocenters. The number of alkyl halides is 3. The molecule has 2 aromatic rings. The molecule has 142 valence electrons. The Bertz CT molecular complexity index is 851. The molecule has 0 aliphatic carbocycles. The van der Waals surface area contributed by atoms with E-state index in [4.69, 9.17) is 4.18 Å². The van der Waals surface area contributed by atoms with Crippen LogP contribution in [0.2, 0.25) is 0 Å². The van der Waals surface area contributed by atoms with Crippen LogP contribution in [-0.2, 0) is 22.8 Å². The molecule has 26 heavy (non-hydrogen) atoms. The van der Waals surface area contributed by atoms with Gasteiger partial charge in [0.1, 0.15) is 10.6 Å². The van der Waals surface area contributed by atoms with E-state index in [1.165, 1.54) is 6.07 Å². The van der Waals surface area contributed by atoms with E-state index in [-0.39, 0.29) is 5.75 Å². The lowest BCUT2D eigenvalue weighted by molar-refractivity contribution is -0.137. The van der Waals surface area contributed by atoms with Crippen LogP contribution in [0.4, 0.5) is 13.2 Å². The Hall–Kier alpha value is -2.06. The fourth-order valence-corrected chi connectivity index (χ4v) is 3.12. The van der Waals surface area contributed by atoms with E-state index < -0.39 is 26.8 Å². The zero-order valence-corrected chi connectivity index (χ0v) is 15.2. The van der Waals surface area contributed by atoms with Gasteiger partial charge in [0.25, 0.3) is 0 Å². The van der Waals surface area contributed by atoms with E-state index in [9.17, 15) is 21.6 Å². The van der Waals surface area contributed by atoms with Gasteiger partial charge in [-0.05, 0) is 49.2 Å². The lowest BCUT2D eigenvalue weighted by Gasteiger charge is -2.13. The van der Waals surface area contributed by atoms with Gasteiger partial charge >= 0.3 is 16.3 Å². The van der Waals surface area contributed by atoms with Crippen molar-refractivity contribution < 1.29 is 25.8 Å². The SMILES string of the molecule is CCC(C)NCc1cccc(OS(=O)(=O)c2cccc(C(F)(F)F)c2)c1. The summed E-state index contributed by atoms with van der Waals surface area (Å²) >= 11 is 0. The standard InChI is InChI=1S/C18H20F3NO3S/c1-3-13(2)22-12-14-6-4-8-16(10-14)25-26(23,24)17-9-5-7-15(11-17)18(19,20)21/h4-11,13,22H,3,12H2,1-2H3. The van der Waals surface area contributed by atoms with Crippen LogP contribution in [0.15, 0.2) is 53.4 Å². The first-order valence-corrected chi connectivity index (χ1v) is 9.46. The predicted molar refractivity (Wildman–Crippen MR) is 92.3 cm³/mol. The maximum Gasteiger partial charge on any atom is 0.416 e. The molecule has 8 heteroatoms. The summed E-state index contributed by atoms with van der Waals surface area (Å²) in [7, 11) is -4.37. The van der Waals surface area contributed by atoms with Gasteiger partial charge in [0.15, 0.2) is 0 Å². The van der Waals surface area contributed by atoms with Crippen LogP contribution in [0.25, 0.3) is 0 Å². The molecule has 2 rings (SSSR count). The van der Waals surface area contributed by atoms with Gasteiger partial charge in [-0.1, -0.05) is 25.1 Å². The summed E-state index contributed by atoms with van der Waals surface area (Å²) in [5, 5.41) is 3.26. The minimum absolute atomic E-state index is 0.0471. The second-order valence-electron chi connectivity index (χ2n) is 5.90. The molecular weight excluding hydrogens is 367 g/mol. The second-order valence-corrected chi connectivity index (χ2v) is 7.45. The number of benzene rings is 2. The Labute approximate surface area is 151 Å². The van der Waals surface area contributed by atoms with Crippen molar-refractivity contribution in [3.05, 3.63) is 59.7 Å². The van der Waals surface area contributed by atoms with Gasteiger partial charge in [-0.15, -0.1) is 0 Å². The van der Waals surface area contributed by atoms with Crippen LogP contribution >= 0.6 is 0 Å². The van der Waals surface area contributed by atoms with Crippen molar-refractivity contribution in [3.8, 4) is 5.75 Å². The van der Waals surface area contributed by atoms with Crippen molar-refractivity contribution >= 4 is 10.1 Å². The fraction of sp³-hybridized carbons (Fsp3) is 0.333. The lowest BCUT2D eigenvalue weighted by Crippen LogP contribution is -2.24. The minimum atomic E-state index is -4.63. The normalized spacial score (nSPS) is 13.4. The van der Waals surface area contributed by atoms with Crippen LogP contribution < -0.4 is 9.50 Å². The van der Waals surface area contributed by atoms with E-state index in [1.807, 2.05) is 13.8 Å². The molecule has 0 amide bonds. The summed E-state index contributed by atoms with van der Waals surface area (Å²) in [4.78, 5) is -0.546. The first-order chi connectivity index (χ1) is 12.1. The maximum absolute atomic E-state index is 12.8. The molecular formula is C18H20F3NO3S. The van der Waals surface area contributed by atoms with Gasteiger partial charge in [0.05, 0.1) is 5.56 Å². The summed E-state index contributed by atoms with van der Waals surface area (Å²) in [5.41, 5.74) is -0.240. The van der Waals surface area contributed by atoms with Crippen LogP contribution in [0.1, 0.15) is 31.4 Å². The van der Waals surface area contributed by atoms with Crippen molar-refractivity contribution in [2.24, 2.45) is 0 Å². The third-order valence-electron chi connectivity index (χ3n) is 3.82. The Balaban J connectivity index is 2.19. The summed E-state index contributed by atoms with van der Waals surface area (Å²) < 4.78 is 67.9. The first kappa shape index (κ1) is 20.3. The predicted octanol–water partition coefficient (Wildman–Crippen LogP) is 4.36. The number of nitrogens with one attached hydrogen (secondary N) is 1. The molecule has 0 fully saturated rings. The average molecular weight is 387 g/mol. The van der Waals surface area contributed by atoms with Crippen LogP contribution in [0.5, 0.6) is 5.75 Å². The Morgan fingerprint density at radius 1 is 1.12 bits per heavy atom. The highest BCUT2D eigenvalue weighted by atomic mass is 32.2. The molecule has 0 aliphatic rings. The maximum atomic E-state index is 12.8. The Morgan fingerprint density at radius 3 is 2.46 bits per heavy atom. The topological polar surface area (TPSA) is 55.4 Å². The summed E-state index contributed by atoms with van der Waals surface area (Å²) in [6.45, 7) is 4.59. The minimum Gasteiger partial charge on any atom is -0.379 e. The molecule has 1 N–H and O–H groups in total. The number of rotatable bonds is 7.